The molecule has 0 unspecified atom stereocenters. The van der Waals surface area contributed by atoms with Crippen molar-refractivity contribution in [2.45, 2.75) is 25.3 Å². The monoisotopic (exact) mass is 215 g/mol. The van der Waals surface area contributed by atoms with Crippen molar-refractivity contribution in [3.05, 3.63) is 12.2 Å². The van der Waals surface area contributed by atoms with Crippen molar-refractivity contribution in [1.29, 1.82) is 0 Å². The van der Waals surface area contributed by atoms with Crippen molar-refractivity contribution in [2.75, 3.05) is 13.2 Å². The first-order chi connectivity index (χ1) is 6.90. The first-order valence-electron chi connectivity index (χ1n) is 4.90. The van der Waals surface area contributed by atoms with Crippen LogP contribution in [-0.4, -0.2) is 28.0 Å². The highest BCUT2D eigenvalue weighted by molar-refractivity contribution is 6.16. The Morgan fingerprint density at radius 3 is 3.14 bits per heavy atom. The Morgan fingerprint density at radius 2 is 2.43 bits per heavy atom. The zero-order valence-electron chi connectivity index (χ0n) is 8.03. The van der Waals surface area contributed by atoms with Gasteiger partial charge in [-0.2, -0.15) is 0 Å². The molecule has 1 saturated carbocycles. The van der Waals surface area contributed by atoms with E-state index in [1.54, 1.807) is 6.33 Å². The Bertz CT molecular complexity index is 285. The van der Waals surface area contributed by atoms with Crippen LogP contribution in [0.4, 0.5) is 0 Å². The first-order valence-corrected chi connectivity index (χ1v) is 5.44. The lowest BCUT2D eigenvalue weighted by Crippen LogP contribution is -2.09. The summed E-state index contributed by atoms with van der Waals surface area (Å²) in [7, 11) is 0. The van der Waals surface area contributed by atoms with Crippen LogP contribution in [0.2, 0.25) is 0 Å². The Hall–Kier alpha value is -0.610. The fourth-order valence-electron chi connectivity index (χ4n) is 1.27. The summed E-state index contributed by atoms with van der Waals surface area (Å²) in [6.45, 7) is 2.42. The summed E-state index contributed by atoms with van der Waals surface area (Å²) in [5.41, 5.74) is 0. The fraction of sp³-hybridized carbons (Fsp3) is 0.778. The topological polar surface area (TPSA) is 39.9 Å². The summed E-state index contributed by atoms with van der Waals surface area (Å²) in [6.07, 6.45) is 4.36. The molecule has 1 heterocycles. The molecule has 0 N–H and O–H groups in total. The molecule has 0 bridgehead atoms. The number of alkyl halides is 1. The zero-order valence-corrected chi connectivity index (χ0v) is 8.78. The Balaban J connectivity index is 1.68. The smallest absolute Gasteiger partial charge is 0.147 e. The van der Waals surface area contributed by atoms with E-state index in [-0.39, 0.29) is 0 Å². The van der Waals surface area contributed by atoms with Crippen LogP contribution in [0, 0.1) is 5.92 Å². The van der Waals surface area contributed by atoms with Crippen molar-refractivity contribution in [2.24, 2.45) is 5.92 Å². The molecule has 78 valence electrons. The SMILES string of the molecule is ClCc1nncn1CCOCC1CC1. The predicted molar refractivity (Wildman–Crippen MR) is 53.1 cm³/mol. The van der Waals surface area contributed by atoms with Crippen molar-refractivity contribution < 1.29 is 4.74 Å². The van der Waals surface area contributed by atoms with Crippen LogP contribution >= 0.6 is 11.6 Å². The van der Waals surface area contributed by atoms with Gasteiger partial charge in [-0.25, -0.2) is 0 Å². The number of nitrogens with zero attached hydrogens (tertiary/aromatic N) is 3. The lowest BCUT2D eigenvalue weighted by Gasteiger charge is -2.05. The molecule has 5 heteroatoms. The molecule has 0 aromatic carbocycles. The van der Waals surface area contributed by atoms with Gasteiger partial charge in [0, 0.05) is 13.2 Å². The van der Waals surface area contributed by atoms with Crippen LogP contribution < -0.4 is 0 Å². The quantitative estimate of drug-likeness (QED) is 0.533. The maximum absolute atomic E-state index is 5.68. The van der Waals surface area contributed by atoms with E-state index in [9.17, 15) is 0 Å². The minimum absolute atomic E-state index is 0.405. The van der Waals surface area contributed by atoms with Crippen LogP contribution in [0.5, 0.6) is 0 Å². The van der Waals surface area contributed by atoms with Crippen LogP contribution in [0.15, 0.2) is 6.33 Å². The third kappa shape index (κ3) is 2.69. The molecule has 0 radical (unpaired) electrons. The van der Waals surface area contributed by atoms with Gasteiger partial charge in [-0.1, -0.05) is 0 Å². The molecule has 1 aromatic heterocycles. The molecule has 1 aromatic rings. The molecule has 1 aliphatic rings. The largest absolute Gasteiger partial charge is 0.379 e. The minimum atomic E-state index is 0.405. The molecule has 1 aliphatic carbocycles. The average molecular weight is 216 g/mol. The predicted octanol–water partition coefficient (Wildman–Crippen LogP) is 1.44. The standard InChI is InChI=1S/C9H14ClN3O/c10-5-9-12-11-7-13(9)3-4-14-6-8-1-2-8/h7-8H,1-6H2. The Labute approximate surface area is 88.2 Å². The van der Waals surface area contributed by atoms with Gasteiger partial charge >= 0.3 is 0 Å². The van der Waals surface area contributed by atoms with Crippen molar-refractivity contribution in [3.8, 4) is 0 Å². The third-order valence-electron chi connectivity index (χ3n) is 2.34. The van der Waals surface area contributed by atoms with Crippen LogP contribution in [0.3, 0.4) is 0 Å². The highest BCUT2D eigenvalue weighted by atomic mass is 35.5. The van der Waals surface area contributed by atoms with Gasteiger partial charge in [0.25, 0.3) is 0 Å². The summed E-state index contributed by atoms with van der Waals surface area (Å²) in [4.78, 5) is 0. The van der Waals surface area contributed by atoms with Crippen molar-refractivity contribution in [3.63, 3.8) is 0 Å². The van der Waals surface area contributed by atoms with E-state index in [4.69, 9.17) is 16.3 Å². The molecular weight excluding hydrogens is 202 g/mol. The third-order valence-corrected chi connectivity index (χ3v) is 2.58. The maximum Gasteiger partial charge on any atom is 0.147 e. The number of aromatic nitrogens is 3. The fourth-order valence-corrected chi connectivity index (χ4v) is 1.47. The van der Waals surface area contributed by atoms with Gasteiger partial charge in [-0.15, -0.1) is 21.8 Å². The number of hydrogen-bond acceptors (Lipinski definition) is 3. The molecule has 0 saturated heterocycles. The summed E-state index contributed by atoms with van der Waals surface area (Å²) in [6, 6.07) is 0. The molecule has 1 fully saturated rings. The van der Waals surface area contributed by atoms with Gasteiger partial charge in [-0.05, 0) is 18.8 Å². The average Bonchev–Trinajstić information content (AvgIpc) is 2.91. The maximum atomic E-state index is 5.68. The first kappa shape index (κ1) is 9.93. The van der Waals surface area contributed by atoms with E-state index >= 15 is 0 Å². The molecule has 2 rings (SSSR count). The normalized spacial score (nSPS) is 16.1. The van der Waals surface area contributed by atoms with E-state index in [1.165, 1.54) is 12.8 Å². The van der Waals surface area contributed by atoms with E-state index in [2.05, 4.69) is 10.2 Å². The minimum Gasteiger partial charge on any atom is -0.379 e. The van der Waals surface area contributed by atoms with Crippen LogP contribution in [0.1, 0.15) is 18.7 Å². The molecule has 0 aliphatic heterocycles. The van der Waals surface area contributed by atoms with Gasteiger partial charge in [0.15, 0.2) is 0 Å². The van der Waals surface area contributed by atoms with Crippen molar-refractivity contribution in [1.82, 2.24) is 14.8 Å². The molecule has 0 atom stereocenters. The lowest BCUT2D eigenvalue weighted by molar-refractivity contribution is 0.116. The van der Waals surface area contributed by atoms with Crippen LogP contribution in [0.25, 0.3) is 0 Å². The number of halogens is 1. The zero-order chi connectivity index (χ0) is 9.80. The van der Waals surface area contributed by atoms with E-state index in [0.717, 1.165) is 31.5 Å². The van der Waals surface area contributed by atoms with E-state index in [0.29, 0.717) is 5.88 Å². The van der Waals surface area contributed by atoms with E-state index in [1.807, 2.05) is 4.57 Å². The van der Waals surface area contributed by atoms with Gasteiger partial charge in [0.1, 0.15) is 12.2 Å². The van der Waals surface area contributed by atoms with Gasteiger partial charge in [0.2, 0.25) is 0 Å². The second-order valence-electron chi connectivity index (χ2n) is 3.59. The van der Waals surface area contributed by atoms with Crippen molar-refractivity contribution >= 4 is 11.6 Å². The summed E-state index contributed by atoms with van der Waals surface area (Å²) >= 11 is 5.68. The van der Waals surface area contributed by atoms with Crippen LogP contribution in [-0.2, 0) is 17.2 Å². The molecule has 0 amide bonds. The second-order valence-corrected chi connectivity index (χ2v) is 3.86. The Kier molecular flexibility index (Phi) is 3.37. The number of ether oxygens (including phenoxy) is 1. The lowest BCUT2D eigenvalue weighted by atomic mass is 10.5. The van der Waals surface area contributed by atoms with Gasteiger partial charge < -0.3 is 9.30 Å². The highest BCUT2D eigenvalue weighted by Gasteiger charge is 2.20. The molecule has 4 nitrogen and oxygen atoms in total. The number of hydrogen-bond donors (Lipinski definition) is 0. The summed E-state index contributed by atoms with van der Waals surface area (Å²) in [5, 5.41) is 7.68. The molecule has 0 spiro atoms. The summed E-state index contributed by atoms with van der Waals surface area (Å²) < 4.78 is 7.44. The Morgan fingerprint density at radius 1 is 1.57 bits per heavy atom. The number of rotatable bonds is 6. The summed E-state index contributed by atoms with van der Waals surface area (Å²) in [5.74, 6) is 2.04. The second kappa shape index (κ2) is 4.75. The molecule has 14 heavy (non-hydrogen) atoms. The van der Waals surface area contributed by atoms with E-state index < -0.39 is 0 Å². The molecular formula is C9H14ClN3O. The highest BCUT2D eigenvalue weighted by Crippen LogP contribution is 2.28. The van der Waals surface area contributed by atoms with Gasteiger partial charge in [-0.3, -0.25) is 0 Å². The van der Waals surface area contributed by atoms with Gasteiger partial charge in [0.05, 0.1) is 12.5 Å².